The molecule has 94 valence electrons. The molecule has 1 rings (SSSR count). The normalized spacial score (nSPS) is 13.4. The van der Waals surface area contributed by atoms with E-state index in [0.29, 0.717) is 6.61 Å². The predicted octanol–water partition coefficient (Wildman–Crippen LogP) is 2.84. The summed E-state index contributed by atoms with van der Waals surface area (Å²) < 4.78 is 10.8. The van der Waals surface area contributed by atoms with Crippen molar-refractivity contribution in [2.75, 3.05) is 13.7 Å². The molecule has 1 aromatic carbocycles. The first-order chi connectivity index (χ1) is 8.08. The molecule has 0 aliphatic carbocycles. The van der Waals surface area contributed by atoms with E-state index in [1.807, 2.05) is 39.0 Å². The topological polar surface area (TPSA) is 44.5 Å². The molecule has 3 heteroatoms. The van der Waals surface area contributed by atoms with Gasteiger partial charge in [-0.25, -0.2) is 0 Å². The lowest BCUT2D eigenvalue weighted by atomic mass is 10.1. The molecule has 3 nitrogen and oxygen atoms in total. The second-order valence-corrected chi connectivity index (χ2v) is 4.02. The third kappa shape index (κ3) is 3.79. The SMILES string of the molecule is CCOc1cc(/C=C(/C)C(C)N)ccc1OC. The number of ether oxygens (including phenoxy) is 2. The van der Waals surface area contributed by atoms with Gasteiger partial charge in [0.25, 0.3) is 0 Å². The number of hydrogen-bond donors (Lipinski definition) is 1. The quantitative estimate of drug-likeness (QED) is 0.853. The van der Waals surface area contributed by atoms with E-state index >= 15 is 0 Å². The molecule has 0 saturated carbocycles. The van der Waals surface area contributed by atoms with Gasteiger partial charge in [0.15, 0.2) is 11.5 Å². The highest BCUT2D eigenvalue weighted by Gasteiger charge is 2.05. The molecule has 0 fully saturated rings. The first-order valence-electron chi connectivity index (χ1n) is 5.83. The second kappa shape index (κ2) is 6.30. The highest BCUT2D eigenvalue weighted by molar-refractivity contribution is 5.58. The molecule has 2 N–H and O–H groups in total. The highest BCUT2D eigenvalue weighted by Crippen LogP contribution is 2.28. The van der Waals surface area contributed by atoms with Crippen LogP contribution in [-0.2, 0) is 0 Å². The van der Waals surface area contributed by atoms with Gasteiger partial charge in [-0.15, -0.1) is 0 Å². The van der Waals surface area contributed by atoms with Crippen molar-refractivity contribution >= 4 is 6.08 Å². The van der Waals surface area contributed by atoms with Gasteiger partial charge in [-0.1, -0.05) is 17.7 Å². The van der Waals surface area contributed by atoms with Crippen LogP contribution in [0.4, 0.5) is 0 Å². The van der Waals surface area contributed by atoms with Crippen LogP contribution in [0.3, 0.4) is 0 Å². The van der Waals surface area contributed by atoms with Gasteiger partial charge >= 0.3 is 0 Å². The van der Waals surface area contributed by atoms with Crippen LogP contribution in [0, 0.1) is 0 Å². The Kier molecular flexibility index (Phi) is 5.04. The molecular weight excluding hydrogens is 214 g/mol. The van der Waals surface area contributed by atoms with E-state index in [0.717, 1.165) is 22.6 Å². The maximum atomic E-state index is 5.81. The third-order valence-electron chi connectivity index (χ3n) is 2.60. The van der Waals surface area contributed by atoms with E-state index in [4.69, 9.17) is 15.2 Å². The number of nitrogens with two attached hydrogens (primary N) is 1. The zero-order valence-electron chi connectivity index (χ0n) is 11.0. The molecule has 0 amide bonds. The van der Waals surface area contributed by atoms with Crippen LogP contribution < -0.4 is 15.2 Å². The van der Waals surface area contributed by atoms with Gasteiger partial charge in [-0.3, -0.25) is 0 Å². The molecule has 0 aliphatic rings. The van der Waals surface area contributed by atoms with Crippen molar-refractivity contribution in [1.82, 2.24) is 0 Å². The van der Waals surface area contributed by atoms with Crippen LogP contribution in [0.2, 0.25) is 0 Å². The summed E-state index contributed by atoms with van der Waals surface area (Å²) in [6.45, 7) is 6.57. The Labute approximate surface area is 103 Å². The zero-order valence-corrected chi connectivity index (χ0v) is 11.0. The Morgan fingerprint density at radius 1 is 1.41 bits per heavy atom. The minimum absolute atomic E-state index is 0.0626. The molecule has 0 saturated heterocycles. The summed E-state index contributed by atoms with van der Waals surface area (Å²) in [6.07, 6.45) is 2.06. The maximum absolute atomic E-state index is 5.81. The van der Waals surface area contributed by atoms with Gasteiger partial charge in [0, 0.05) is 6.04 Å². The van der Waals surface area contributed by atoms with Crippen molar-refractivity contribution in [3.8, 4) is 11.5 Å². The van der Waals surface area contributed by atoms with Crippen molar-refractivity contribution in [3.05, 3.63) is 29.3 Å². The van der Waals surface area contributed by atoms with E-state index in [9.17, 15) is 0 Å². The van der Waals surface area contributed by atoms with E-state index in [-0.39, 0.29) is 6.04 Å². The van der Waals surface area contributed by atoms with Crippen molar-refractivity contribution in [2.24, 2.45) is 5.73 Å². The molecule has 0 radical (unpaired) electrons. The largest absolute Gasteiger partial charge is 0.493 e. The fourth-order valence-corrected chi connectivity index (χ4v) is 1.45. The number of rotatable bonds is 5. The molecule has 1 aromatic rings. The van der Waals surface area contributed by atoms with Crippen LogP contribution in [0.15, 0.2) is 23.8 Å². The number of hydrogen-bond acceptors (Lipinski definition) is 3. The summed E-state index contributed by atoms with van der Waals surface area (Å²) in [4.78, 5) is 0. The molecule has 1 unspecified atom stereocenters. The average Bonchev–Trinajstić information content (AvgIpc) is 2.29. The van der Waals surface area contributed by atoms with E-state index in [1.165, 1.54) is 0 Å². The van der Waals surface area contributed by atoms with E-state index in [1.54, 1.807) is 7.11 Å². The summed E-state index contributed by atoms with van der Waals surface area (Å²) in [5.74, 6) is 1.52. The van der Waals surface area contributed by atoms with Crippen molar-refractivity contribution in [1.29, 1.82) is 0 Å². The standard InChI is InChI=1S/C14H21NO2/c1-5-17-14-9-12(6-7-13(14)16-4)8-10(2)11(3)15/h6-9,11H,5,15H2,1-4H3/b10-8-. The third-order valence-corrected chi connectivity index (χ3v) is 2.60. The Morgan fingerprint density at radius 3 is 2.65 bits per heavy atom. The van der Waals surface area contributed by atoms with Gasteiger partial charge in [-0.2, -0.15) is 0 Å². The fourth-order valence-electron chi connectivity index (χ4n) is 1.45. The molecule has 0 heterocycles. The lowest BCUT2D eigenvalue weighted by molar-refractivity contribution is 0.311. The van der Waals surface area contributed by atoms with E-state index in [2.05, 4.69) is 6.08 Å². The molecule has 0 spiro atoms. The molecule has 0 aromatic heterocycles. The van der Waals surface area contributed by atoms with Crippen LogP contribution in [0.5, 0.6) is 11.5 Å². The molecular formula is C14H21NO2. The summed E-state index contributed by atoms with van der Waals surface area (Å²) in [6, 6.07) is 5.93. The Morgan fingerprint density at radius 2 is 2.12 bits per heavy atom. The first-order valence-corrected chi connectivity index (χ1v) is 5.83. The number of benzene rings is 1. The Balaban J connectivity index is 3.03. The van der Waals surface area contributed by atoms with Gasteiger partial charge in [0.05, 0.1) is 13.7 Å². The number of methoxy groups -OCH3 is 1. The Bertz CT molecular complexity index is 397. The van der Waals surface area contributed by atoms with Crippen LogP contribution in [0.25, 0.3) is 6.08 Å². The summed E-state index contributed by atoms with van der Waals surface area (Å²) >= 11 is 0. The summed E-state index contributed by atoms with van der Waals surface area (Å²) in [7, 11) is 1.64. The van der Waals surface area contributed by atoms with Crippen molar-refractivity contribution < 1.29 is 9.47 Å². The second-order valence-electron chi connectivity index (χ2n) is 4.02. The summed E-state index contributed by atoms with van der Waals surface area (Å²) in [5.41, 5.74) is 8.02. The van der Waals surface area contributed by atoms with Crippen molar-refractivity contribution in [3.63, 3.8) is 0 Å². The van der Waals surface area contributed by atoms with Gasteiger partial charge in [0.1, 0.15) is 0 Å². The highest BCUT2D eigenvalue weighted by atomic mass is 16.5. The molecule has 0 bridgehead atoms. The van der Waals surface area contributed by atoms with Crippen LogP contribution in [-0.4, -0.2) is 19.8 Å². The molecule has 17 heavy (non-hydrogen) atoms. The van der Waals surface area contributed by atoms with Gasteiger partial charge in [0.2, 0.25) is 0 Å². The van der Waals surface area contributed by atoms with Crippen LogP contribution >= 0.6 is 0 Å². The molecule has 0 aliphatic heterocycles. The molecule has 1 atom stereocenters. The lowest BCUT2D eigenvalue weighted by Gasteiger charge is -2.11. The van der Waals surface area contributed by atoms with Crippen molar-refractivity contribution in [2.45, 2.75) is 26.8 Å². The zero-order chi connectivity index (χ0) is 12.8. The predicted molar refractivity (Wildman–Crippen MR) is 71.5 cm³/mol. The average molecular weight is 235 g/mol. The lowest BCUT2D eigenvalue weighted by Crippen LogP contribution is -2.15. The monoisotopic (exact) mass is 235 g/mol. The summed E-state index contributed by atoms with van der Waals surface area (Å²) in [5, 5.41) is 0. The van der Waals surface area contributed by atoms with Gasteiger partial charge < -0.3 is 15.2 Å². The first kappa shape index (κ1) is 13.6. The smallest absolute Gasteiger partial charge is 0.161 e. The van der Waals surface area contributed by atoms with Crippen LogP contribution in [0.1, 0.15) is 26.3 Å². The maximum Gasteiger partial charge on any atom is 0.161 e. The van der Waals surface area contributed by atoms with E-state index < -0.39 is 0 Å². The minimum atomic E-state index is 0.0626. The van der Waals surface area contributed by atoms with Gasteiger partial charge in [-0.05, 0) is 38.5 Å². The fraction of sp³-hybridized carbons (Fsp3) is 0.429. The Hall–Kier alpha value is -1.48. The minimum Gasteiger partial charge on any atom is -0.493 e.